The number of furan rings is 1. The molecule has 9 rings (SSSR count). The minimum atomic E-state index is -1.87. The van der Waals surface area contributed by atoms with Crippen molar-refractivity contribution in [3.05, 3.63) is 162 Å². The maximum absolute atomic E-state index is 6.44. The molecule has 63 heavy (non-hydrogen) atoms. The normalized spacial score (nSPS) is 11.8. The Kier molecular flexibility index (Phi) is 13.8. The van der Waals surface area contributed by atoms with Crippen LogP contribution in [0.4, 0.5) is 0 Å². The number of aryl methyl sites for hydroxylation is 2. The van der Waals surface area contributed by atoms with Crippen molar-refractivity contribution in [2.24, 2.45) is 5.92 Å². The fourth-order valence-electron chi connectivity index (χ4n) is 8.63. The van der Waals surface area contributed by atoms with Crippen molar-refractivity contribution in [1.82, 2.24) is 19.5 Å². The van der Waals surface area contributed by atoms with E-state index in [1.165, 1.54) is 39.1 Å². The molecule has 9 aromatic rings. The summed E-state index contributed by atoms with van der Waals surface area (Å²) < 4.78 is 10.3. The van der Waals surface area contributed by atoms with E-state index in [9.17, 15) is 0 Å². The molecule has 0 aliphatic rings. The zero-order chi connectivity index (χ0) is 43.9. The molecule has 0 fully saturated rings. The standard InChI is InChI=1S/C37H32N3O.C19H26GeN.Ir/c1-22(2)30-20-26(25-12-7-6-8-13-25)21-31(23(3)4)34(30)40-33-17-10-9-16-32(33)39-36(40)29-15-11-14-27-28-19-18-24(5)38-37(28)41-35(27)29;1-14(2)11-16-12-19(17-10-8-7-9-15(17)3)21-13-18(16)20(4,5)6;/h6-14,16-23H,1-5H3;7-9,12-14H,11H2,1-6H3;/q2*-1;. The molecular formula is C56H58GeIrN4O-2. The molecule has 0 bridgehead atoms. The summed E-state index contributed by atoms with van der Waals surface area (Å²) in [4.78, 5) is 14.7. The first-order valence-corrected chi connectivity index (χ1v) is 29.4. The van der Waals surface area contributed by atoms with Gasteiger partial charge in [-0.3, -0.25) is 4.98 Å². The zero-order valence-corrected chi connectivity index (χ0v) is 43.0. The number of nitrogens with zero attached hydrogens (tertiary/aromatic N) is 4. The predicted molar refractivity (Wildman–Crippen MR) is 264 cm³/mol. The number of hydrogen-bond acceptors (Lipinski definition) is 4. The molecule has 323 valence electrons. The average Bonchev–Trinajstić information content (AvgIpc) is 3.81. The first-order chi connectivity index (χ1) is 29.7. The number of rotatable bonds is 9. The molecule has 4 aromatic heterocycles. The summed E-state index contributed by atoms with van der Waals surface area (Å²) in [6.07, 6.45) is 3.28. The Morgan fingerprint density at radius 3 is 2.03 bits per heavy atom. The molecular weight excluding hydrogens is 1010 g/mol. The van der Waals surface area contributed by atoms with E-state index in [-0.39, 0.29) is 20.1 Å². The van der Waals surface area contributed by atoms with Crippen LogP contribution >= 0.6 is 0 Å². The van der Waals surface area contributed by atoms with Crippen LogP contribution < -0.4 is 4.40 Å². The Bertz CT molecular complexity index is 3020. The molecule has 0 aliphatic carbocycles. The van der Waals surface area contributed by atoms with Gasteiger partial charge in [0.15, 0.2) is 0 Å². The average molecular weight is 1070 g/mol. The monoisotopic (exact) mass is 1070 g/mol. The summed E-state index contributed by atoms with van der Waals surface area (Å²) in [6.45, 7) is 17.8. The fourth-order valence-corrected chi connectivity index (χ4v) is 12.0. The van der Waals surface area contributed by atoms with Crippen molar-refractivity contribution in [1.29, 1.82) is 0 Å². The molecule has 0 amide bonds. The fraction of sp³-hybridized carbons (Fsp3) is 0.268. The quantitative estimate of drug-likeness (QED) is 0.107. The number of aromatic nitrogens is 4. The van der Waals surface area contributed by atoms with E-state index in [0.29, 0.717) is 23.5 Å². The smallest absolute Gasteiger partial charge is 0 e. The molecule has 0 N–H and O–H groups in total. The Labute approximate surface area is 390 Å². The summed E-state index contributed by atoms with van der Waals surface area (Å²) in [5.41, 5.74) is 16.3. The van der Waals surface area contributed by atoms with Crippen molar-refractivity contribution in [3.63, 3.8) is 0 Å². The molecule has 0 saturated carbocycles. The van der Waals surface area contributed by atoms with Crippen LogP contribution in [-0.2, 0) is 26.5 Å². The van der Waals surface area contributed by atoms with Gasteiger partial charge in [-0.1, -0.05) is 81.1 Å². The van der Waals surface area contributed by atoms with Crippen LogP contribution in [0.3, 0.4) is 0 Å². The van der Waals surface area contributed by atoms with Crippen molar-refractivity contribution >= 4 is 50.8 Å². The van der Waals surface area contributed by atoms with Gasteiger partial charge in [0.1, 0.15) is 0 Å². The van der Waals surface area contributed by atoms with E-state index in [4.69, 9.17) is 14.4 Å². The first-order valence-electron chi connectivity index (χ1n) is 22.1. The number of para-hydroxylation sites is 2. The zero-order valence-electron chi connectivity index (χ0n) is 38.5. The maximum atomic E-state index is 6.44. The third kappa shape index (κ3) is 9.41. The van der Waals surface area contributed by atoms with Crippen LogP contribution in [0.5, 0.6) is 0 Å². The van der Waals surface area contributed by atoms with Gasteiger partial charge in [0.2, 0.25) is 5.71 Å². The van der Waals surface area contributed by atoms with E-state index in [0.717, 1.165) is 62.1 Å². The van der Waals surface area contributed by atoms with E-state index in [1.807, 2.05) is 37.3 Å². The molecule has 0 aliphatic heterocycles. The summed E-state index contributed by atoms with van der Waals surface area (Å²) in [7, 11) is 0. The number of benzene rings is 5. The number of imidazole rings is 1. The van der Waals surface area contributed by atoms with Crippen molar-refractivity contribution in [2.45, 2.75) is 90.9 Å². The van der Waals surface area contributed by atoms with Crippen LogP contribution in [0.1, 0.15) is 81.3 Å². The third-order valence-electron chi connectivity index (χ3n) is 11.7. The Morgan fingerprint density at radius 2 is 1.37 bits per heavy atom. The third-order valence-corrected chi connectivity index (χ3v) is 16.0. The molecule has 7 heteroatoms. The van der Waals surface area contributed by atoms with Crippen molar-refractivity contribution < 1.29 is 24.5 Å². The van der Waals surface area contributed by atoms with Crippen LogP contribution in [0.15, 0.2) is 126 Å². The van der Waals surface area contributed by atoms with E-state index >= 15 is 0 Å². The van der Waals surface area contributed by atoms with Gasteiger partial charge in [0.05, 0.1) is 22.4 Å². The largest absolute Gasteiger partial charge is 0 e. The van der Waals surface area contributed by atoms with Gasteiger partial charge in [0.25, 0.3) is 0 Å². The summed E-state index contributed by atoms with van der Waals surface area (Å²) >= 11 is -1.87. The molecule has 0 unspecified atom stereocenters. The molecule has 0 spiro atoms. The van der Waals surface area contributed by atoms with Crippen molar-refractivity contribution in [3.8, 4) is 39.5 Å². The van der Waals surface area contributed by atoms with Gasteiger partial charge in [-0.25, -0.2) is 4.98 Å². The Hall–Kier alpha value is -5.14. The van der Waals surface area contributed by atoms with E-state index in [2.05, 4.69) is 179 Å². The molecule has 4 heterocycles. The van der Waals surface area contributed by atoms with Crippen LogP contribution in [0.2, 0.25) is 17.3 Å². The molecule has 5 nitrogen and oxygen atoms in total. The Morgan fingerprint density at radius 1 is 0.683 bits per heavy atom. The maximum Gasteiger partial charge on any atom is 0 e. The van der Waals surface area contributed by atoms with Crippen molar-refractivity contribution in [2.75, 3.05) is 0 Å². The van der Waals surface area contributed by atoms with Gasteiger partial charge in [-0.05, 0) is 77.4 Å². The van der Waals surface area contributed by atoms with Gasteiger partial charge in [-0.2, -0.15) is 0 Å². The summed E-state index contributed by atoms with van der Waals surface area (Å²) in [6, 6.07) is 47.2. The SMILES string of the molecule is Cc1ccc2c(n1)oc1c(-c3nc4ccccc4n3-c3c(C(C)C)cc(-c4ccccc4)cc3C(C)C)[c-]ccc12.Cc1ccc[c-]c1-c1cc(CC(C)C)[c]([Ge]([CH3])([CH3])[CH3])cn1.[Ir]. The van der Waals surface area contributed by atoms with Gasteiger partial charge in [0, 0.05) is 36.9 Å². The Balaban J connectivity index is 0.000000229. The van der Waals surface area contributed by atoms with Gasteiger partial charge >= 0.3 is 132 Å². The van der Waals surface area contributed by atoms with Gasteiger partial charge < -0.3 is 8.98 Å². The van der Waals surface area contributed by atoms with E-state index < -0.39 is 13.3 Å². The van der Waals surface area contributed by atoms with Crippen LogP contribution in [-0.4, -0.2) is 32.8 Å². The van der Waals surface area contributed by atoms with Crippen LogP contribution in [0.25, 0.3) is 72.6 Å². The molecule has 1 radical (unpaired) electrons. The minimum Gasteiger partial charge on any atom is 0 e. The summed E-state index contributed by atoms with van der Waals surface area (Å²) in [5, 5.41) is 2.02. The second-order valence-electron chi connectivity index (χ2n) is 18.7. The summed E-state index contributed by atoms with van der Waals surface area (Å²) in [5.74, 6) is 9.41. The number of pyridine rings is 2. The second-order valence-corrected chi connectivity index (χ2v) is 29.3. The topological polar surface area (TPSA) is 56.7 Å². The number of hydrogen-bond donors (Lipinski definition) is 0. The van der Waals surface area contributed by atoms with E-state index in [1.54, 1.807) is 4.40 Å². The molecule has 5 aromatic carbocycles. The van der Waals surface area contributed by atoms with Gasteiger partial charge in [-0.15, -0.1) is 18.2 Å². The first kappa shape index (κ1) is 45.9. The molecule has 0 atom stereocenters. The number of fused-ring (bicyclic) bond motifs is 4. The second kappa shape index (κ2) is 18.9. The van der Waals surface area contributed by atoms with Crippen LogP contribution in [0, 0.1) is 31.9 Å². The molecule has 0 saturated heterocycles. The predicted octanol–water partition coefficient (Wildman–Crippen LogP) is 14.6. The minimum absolute atomic E-state index is 0.